The standard InChI is InChI=1S/C15H13N5O2S/c1-10-2-4-11(5-3-10)23(21,22)20-9-12(16)14-15(20)18-8-13-17-6-7-19(13)14/h2-9H,16H2,1H3. The number of nitrogens with two attached hydrogens (primary N) is 1. The average molecular weight is 327 g/mol. The quantitative estimate of drug-likeness (QED) is 0.606. The Morgan fingerprint density at radius 1 is 1.13 bits per heavy atom. The summed E-state index contributed by atoms with van der Waals surface area (Å²) in [5.74, 6) is 0. The third kappa shape index (κ3) is 1.92. The summed E-state index contributed by atoms with van der Waals surface area (Å²) in [5.41, 5.74) is 8.74. The van der Waals surface area contributed by atoms with Crippen molar-refractivity contribution in [3.63, 3.8) is 0 Å². The molecule has 0 bridgehead atoms. The number of rotatable bonds is 2. The largest absolute Gasteiger partial charge is 0.396 e. The third-order valence-corrected chi connectivity index (χ3v) is 5.40. The van der Waals surface area contributed by atoms with E-state index in [0.29, 0.717) is 16.9 Å². The van der Waals surface area contributed by atoms with Crippen molar-refractivity contribution < 1.29 is 8.42 Å². The summed E-state index contributed by atoms with van der Waals surface area (Å²) < 4.78 is 28.6. The lowest BCUT2D eigenvalue weighted by Gasteiger charge is -2.07. The third-order valence-electron chi connectivity index (χ3n) is 3.74. The molecule has 0 aliphatic carbocycles. The molecule has 3 heterocycles. The minimum Gasteiger partial charge on any atom is -0.396 e. The van der Waals surface area contributed by atoms with Gasteiger partial charge in [0.05, 0.1) is 16.8 Å². The van der Waals surface area contributed by atoms with Crippen LogP contribution >= 0.6 is 0 Å². The number of hydrogen-bond acceptors (Lipinski definition) is 5. The lowest BCUT2D eigenvalue weighted by Crippen LogP contribution is -2.12. The molecule has 0 aliphatic rings. The van der Waals surface area contributed by atoms with Gasteiger partial charge in [0.25, 0.3) is 10.0 Å². The first-order chi connectivity index (χ1) is 11.0. The Balaban J connectivity index is 2.04. The average Bonchev–Trinajstić information content (AvgIpc) is 3.12. The molecule has 0 unspecified atom stereocenters. The molecule has 0 spiro atoms. The van der Waals surface area contributed by atoms with Crippen LogP contribution in [-0.4, -0.2) is 26.8 Å². The number of imidazole rings is 1. The SMILES string of the molecule is Cc1ccc(S(=O)(=O)n2cc(N)c3c2ncc2nccn23)cc1. The number of aryl methyl sites for hydroxylation is 1. The highest BCUT2D eigenvalue weighted by Gasteiger charge is 2.22. The van der Waals surface area contributed by atoms with Gasteiger partial charge in [0, 0.05) is 18.6 Å². The van der Waals surface area contributed by atoms with Crippen LogP contribution in [0.5, 0.6) is 0 Å². The van der Waals surface area contributed by atoms with E-state index in [4.69, 9.17) is 5.73 Å². The highest BCUT2D eigenvalue weighted by atomic mass is 32.2. The van der Waals surface area contributed by atoms with Crippen LogP contribution in [0.15, 0.2) is 53.9 Å². The first-order valence-corrected chi connectivity index (χ1v) is 8.33. The highest BCUT2D eigenvalue weighted by Crippen LogP contribution is 2.26. The monoisotopic (exact) mass is 327 g/mol. The molecule has 3 aromatic heterocycles. The maximum atomic E-state index is 12.9. The molecule has 0 amide bonds. The Kier molecular flexibility index (Phi) is 2.73. The first kappa shape index (κ1) is 13.8. The van der Waals surface area contributed by atoms with Gasteiger partial charge in [0.2, 0.25) is 0 Å². The van der Waals surface area contributed by atoms with Gasteiger partial charge in [-0.2, -0.15) is 0 Å². The van der Waals surface area contributed by atoms with Crippen LogP contribution < -0.4 is 5.73 Å². The molecule has 0 atom stereocenters. The molecule has 0 radical (unpaired) electrons. The van der Waals surface area contributed by atoms with Crippen LogP contribution in [0.25, 0.3) is 16.8 Å². The van der Waals surface area contributed by atoms with E-state index in [2.05, 4.69) is 9.97 Å². The molecular weight excluding hydrogens is 314 g/mol. The van der Waals surface area contributed by atoms with Gasteiger partial charge in [0.15, 0.2) is 11.3 Å². The predicted molar refractivity (Wildman–Crippen MR) is 86.7 cm³/mol. The van der Waals surface area contributed by atoms with Crippen LogP contribution in [0.4, 0.5) is 5.69 Å². The molecule has 8 heteroatoms. The van der Waals surface area contributed by atoms with Crippen LogP contribution in [0.3, 0.4) is 0 Å². The van der Waals surface area contributed by atoms with Crippen LogP contribution in [-0.2, 0) is 10.0 Å². The second-order valence-electron chi connectivity index (χ2n) is 5.28. The van der Waals surface area contributed by atoms with Gasteiger partial charge in [-0.3, -0.25) is 4.40 Å². The maximum Gasteiger partial charge on any atom is 0.269 e. The fourth-order valence-corrected chi connectivity index (χ4v) is 3.89. The second-order valence-corrected chi connectivity index (χ2v) is 7.10. The molecular formula is C15H13N5O2S. The van der Waals surface area contributed by atoms with Crippen molar-refractivity contribution in [3.8, 4) is 0 Å². The smallest absolute Gasteiger partial charge is 0.269 e. The summed E-state index contributed by atoms with van der Waals surface area (Å²) in [6.07, 6.45) is 6.23. The van der Waals surface area contributed by atoms with E-state index < -0.39 is 10.0 Å². The minimum absolute atomic E-state index is 0.188. The lowest BCUT2D eigenvalue weighted by atomic mass is 10.2. The molecule has 1 aromatic carbocycles. The first-order valence-electron chi connectivity index (χ1n) is 6.89. The van der Waals surface area contributed by atoms with Crippen molar-refractivity contribution in [1.82, 2.24) is 18.3 Å². The number of benzene rings is 1. The predicted octanol–water partition coefficient (Wildman–Crippen LogP) is 1.81. The van der Waals surface area contributed by atoms with Crippen molar-refractivity contribution >= 4 is 32.5 Å². The molecule has 2 N–H and O–H groups in total. The number of nitrogen functional groups attached to an aromatic ring is 1. The zero-order valence-corrected chi connectivity index (χ0v) is 13.0. The van der Waals surface area contributed by atoms with E-state index in [9.17, 15) is 8.42 Å². The van der Waals surface area contributed by atoms with E-state index >= 15 is 0 Å². The summed E-state index contributed by atoms with van der Waals surface area (Å²) >= 11 is 0. The Morgan fingerprint density at radius 3 is 2.61 bits per heavy atom. The normalized spacial score (nSPS) is 12.2. The Bertz CT molecular complexity index is 1140. The van der Waals surface area contributed by atoms with Gasteiger partial charge < -0.3 is 5.73 Å². The maximum absolute atomic E-state index is 12.9. The topological polar surface area (TPSA) is 95.3 Å². The van der Waals surface area contributed by atoms with Crippen LogP contribution in [0.2, 0.25) is 0 Å². The van der Waals surface area contributed by atoms with Crippen molar-refractivity contribution in [1.29, 1.82) is 0 Å². The summed E-state index contributed by atoms with van der Waals surface area (Å²) in [4.78, 5) is 8.56. The summed E-state index contributed by atoms with van der Waals surface area (Å²) in [6.45, 7) is 1.90. The van der Waals surface area contributed by atoms with E-state index in [1.807, 2.05) is 6.92 Å². The van der Waals surface area contributed by atoms with Crippen molar-refractivity contribution in [2.45, 2.75) is 11.8 Å². The van der Waals surface area contributed by atoms with E-state index in [-0.39, 0.29) is 10.5 Å². The van der Waals surface area contributed by atoms with Gasteiger partial charge in [-0.1, -0.05) is 17.7 Å². The van der Waals surface area contributed by atoms with Gasteiger partial charge in [-0.25, -0.2) is 22.4 Å². The number of anilines is 1. The summed E-state index contributed by atoms with van der Waals surface area (Å²) in [5, 5.41) is 0. The number of aromatic nitrogens is 4. The van der Waals surface area contributed by atoms with Crippen molar-refractivity contribution in [2.24, 2.45) is 0 Å². The minimum atomic E-state index is -3.77. The Hall–Kier alpha value is -2.87. The molecule has 0 aliphatic heterocycles. The highest BCUT2D eigenvalue weighted by molar-refractivity contribution is 7.90. The van der Waals surface area contributed by atoms with Gasteiger partial charge in [-0.05, 0) is 19.1 Å². The number of nitrogens with zero attached hydrogens (tertiary/aromatic N) is 4. The lowest BCUT2D eigenvalue weighted by molar-refractivity contribution is 0.588. The Labute approximate surface area is 132 Å². The van der Waals surface area contributed by atoms with Crippen molar-refractivity contribution in [3.05, 3.63) is 54.6 Å². The zero-order valence-electron chi connectivity index (χ0n) is 12.2. The summed E-state index contributed by atoms with van der Waals surface area (Å²) in [6, 6.07) is 6.65. The van der Waals surface area contributed by atoms with Gasteiger partial charge in [-0.15, -0.1) is 0 Å². The van der Waals surface area contributed by atoms with E-state index in [0.717, 1.165) is 9.54 Å². The molecule has 23 heavy (non-hydrogen) atoms. The van der Waals surface area contributed by atoms with E-state index in [1.165, 1.54) is 12.4 Å². The number of fused-ring (bicyclic) bond motifs is 3. The van der Waals surface area contributed by atoms with Crippen LogP contribution in [0, 0.1) is 6.92 Å². The van der Waals surface area contributed by atoms with Crippen LogP contribution in [0.1, 0.15) is 5.56 Å². The molecule has 4 aromatic rings. The molecule has 0 saturated heterocycles. The molecule has 4 rings (SSSR count). The molecule has 0 saturated carbocycles. The van der Waals surface area contributed by atoms with E-state index in [1.54, 1.807) is 41.1 Å². The number of hydrogen-bond donors (Lipinski definition) is 1. The molecule has 0 fully saturated rings. The fourth-order valence-electron chi connectivity index (χ4n) is 2.57. The Morgan fingerprint density at radius 2 is 1.87 bits per heavy atom. The van der Waals surface area contributed by atoms with Crippen molar-refractivity contribution in [2.75, 3.05) is 5.73 Å². The second kappa shape index (κ2) is 4.56. The molecule has 116 valence electrons. The summed E-state index contributed by atoms with van der Waals surface area (Å²) in [7, 11) is -3.77. The van der Waals surface area contributed by atoms with Gasteiger partial charge >= 0.3 is 0 Å². The molecule has 7 nitrogen and oxygen atoms in total. The van der Waals surface area contributed by atoms with Gasteiger partial charge in [0.1, 0.15) is 5.52 Å². The zero-order chi connectivity index (χ0) is 16.2. The fraction of sp³-hybridized carbons (Fsp3) is 0.0667.